The van der Waals surface area contributed by atoms with Gasteiger partial charge in [-0.15, -0.1) is 11.3 Å². The minimum Gasteiger partial charge on any atom is -0.375 e. The molecule has 106 valence electrons. The van der Waals surface area contributed by atoms with E-state index in [0.29, 0.717) is 6.54 Å². The molecule has 2 aromatic heterocycles. The lowest BCUT2D eigenvalue weighted by Crippen LogP contribution is -2.11. The number of thiazole rings is 1. The highest BCUT2D eigenvalue weighted by Gasteiger charge is 2.13. The molecule has 0 bridgehead atoms. The minimum absolute atomic E-state index is 0.0860. The van der Waals surface area contributed by atoms with Crippen LogP contribution in [-0.4, -0.2) is 21.6 Å². The van der Waals surface area contributed by atoms with Gasteiger partial charge in [0.25, 0.3) is 5.43 Å². The summed E-state index contributed by atoms with van der Waals surface area (Å²) in [5.74, 6) is 0. The highest BCUT2D eigenvalue weighted by molar-refractivity contribution is 7.09. The Bertz CT molecular complexity index is 679. The standard InChI is InChI=1S/C12H13N3O4S/c1-8(19-2)12-13-9(7-20-12)5-14-4-3-11(16)10(6-14)15(17)18/h3-4,6-8H,5H2,1-2H3/t8-/m0/s1. The predicted molar refractivity (Wildman–Crippen MR) is 74.0 cm³/mol. The number of aromatic nitrogens is 2. The summed E-state index contributed by atoms with van der Waals surface area (Å²) in [5.41, 5.74) is -0.265. The summed E-state index contributed by atoms with van der Waals surface area (Å²) in [6.45, 7) is 2.26. The van der Waals surface area contributed by atoms with Crippen LogP contribution in [0, 0.1) is 10.1 Å². The highest BCUT2D eigenvalue weighted by atomic mass is 32.1. The average Bonchev–Trinajstić information content (AvgIpc) is 2.88. The number of nitrogens with zero attached hydrogens (tertiary/aromatic N) is 3. The monoisotopic (exact) mass is 295 g/mol. The maximum Gasteiger partial charge on any atom is 0.332 e. The van der Waals surface area contributed by atoms with Crippen molar-refractivity contribution in [2.45, 2.75) is 19.6 Å². The van der Waals surface area contributed by atoms with Gasteiger partial charge in [-0.2, -0.15) is 0 Å². The van der Waals surface area contributed by atoms with E-state index in [4.69, 9.17) is 4.74 Å². The number of pyridine rings is 1. The van der Waals surface area contributed by atoms with Crippen LogP contribution in [0.1, 0.15) is 23.7 Å². The molecule has 1 atom stereocenters. The smallest absolute Gasteiger partial charge is 0.332 e. The van der Waals surface area contributed by atoms with Crippen LogP contribution in [0.5, 0.6) is 0 Å². The number of hydrogen-bond donors (Lipinski definition) is 0. The SMILES string of the molecule is CO[C@@H](C)c1nc(Cn2ccc(=O)c([N+](=O)[O-])c2)cs1. The molecule has 2 rings (SSSR count). The first-order valence-electron chi connectivity index (χ1n) is 5.83. The van der Waals surface area contributed by atoms with Crippen LogP contribution < -0.4 is 5.43 Å². The molecule has 0 saturated heterocycles. The van der Waals surface area contributed by atoms with E-state index < -0.39 is 16.0 Å². The molecule has 0 N–H and O–H groups in total. The molecule has 0 unspecified atom stereocenters. The summed E-state index contributed by atoms with van der Waals surface area (Å²) in [4.78, 5) is 25.7. The first-order valence-corrected chi connectivity index (χ1v) is 6.71. The van der Waals surface area contributed by atoms with Crippen molar-refractivity contribution in [1.29, 1.82) is 0 Å². The molecule has 0 amide bonds. The van der Waals surface area contributed by atoms with Gasteiger partial charge in [-0.25, -0.2) is 4.98 Å². The topological polar surface area (TPSA) is 87.3 Å². The quantitative estimate of drug-likeness (QED) is 0.621. The van der Waals surface area contributed by atoms with Crippen molar-refractivity contribution < 1.29 is 9.66 Å². The van der Waals surface area contributed by atoms with E-state index in [1.54, 1.807) is 11.7 Å². The van der Waals surface area contributed by atoms with Crippen LogP contribution in [-0.2, 0) is 11.3 Å². The van der Waals surface area contributed by atoms with Crippen LogP contribution in [0.25, 0.3) is 0 Å². The Morgan fingerprint density at radius 3 is 3.00 bits per heavy atom. The normalized spacial score (nSPS) is 12.3. The molecular formula is C12H13N3O4S. The summed E-state index contributed by atoms with van der Waals surface area (Å²) in [6.07, 6.45) is 2.65. The van der Waals surface area contributed by atoms with Gasteiger partial charge < -0.3 is 9.30 Å². The number of ether oxygens (including phenoxy) is 1. The molecule has 0 fully saturated rings. The predicted octanol–water partition coefficient (Wildman–Crippen LogP) is 1.97. The molecule has 0 aliphatic heterocycles. The summed E-state index contributed by atoms with van der Waals surface area (Å²) in [6, 6.07) is 1.18. The van der Waals surface area contributed by atoms with E-state index >= 15 is 0 Å². The second kappa shape index (κ2) is 5.93. The second-order valence-electron chi connectivity index (χ2n) is 4.18. The van der Waals surface area contributed by atoms with E-state index in [0.717, 1.165) is 10.7 Å². The van der Waals surface area contributed by atoms with Gasteiger partial charge in [0.15, 0.2) is 0 Å². The van der Waals surface area contributed by atoms with E-state index in [-0.39, 0.29) is 6.10 Å². The number of hydrogen-bond acceptors (Lipinski definition) is 6. The third-order valence-electron chi connectivity index (χ3n) is 2.77. The lowest BCUT2D eigenvalue weighted by Gasteiger charge is -2.05. The molecule has 2 heterocycles. The number of rotatable bonds is 5. The molecule has 0 saturated carbocycles. The summed E-state index contributed by atoms with van der Waals surface area (Å²) in [5, 5.41) is 13.4. The molecular weight excluding hydrogens is 282 g/mol. The molecule has 8 heteroatoms. The van der Waals surface area contributed by atoms with Gasteiger partial charge in [-0.05, 0) is 6.92 Å². The van der Waals surface area contributed by atoms with Crippen molar-refractivity contribution >= 4 is 17.0 Å². The largest absolute Gasteiger partial charge is 0.375 e. The Balaban J connectivity index is 2.22. The first-order chi connectivity index (χ1) is 9.51. The van der Waals surface area contributed by atoms with Gasteiger partial charge in [0.05, 0.1) is 23.4 Å². The summed E-state index contributed by atoms with van der Waals surface area (Å²) < 4.78 is 6.74. The number of nitro groups is 1. The van der Waals surface area contributed by atoms with Crippen LogP contribution in [0.2, 0.25) is 0 Å². The Morgan fingerprint density at radius 2 is 2.35 bits per heavy atom. The van der Waals surface area contributed by atoms with E-state index in [2.05, 4.69) is 4.98 Å². The van der Waals surface area contributed by atoms with Gasteiger partial charge in [0.1, 0.15) is 11.1 Å². The zero-order valence-corrected chi connectivity index (χ0v) is 11.8. The molecule has 7 nitrogen and oxygen atoms in total. The van der Waals surface area contributed by atoms with Crippen LogP contribution in [0.15, 0.2) is 28.6 Å². The lowest BCUT2D eigenvalue weighted by atomic mass is 10.3. The van der Waals surface area contributed by atoms with Gasteiger partial charge in [-0.3, -0.25) is 14.9 Å². The fourth-order valence-electron chi connectivity index (χ4n) is 1.62. The molecule has 0 aliphatic carbocycles. The second-order valence-corrected chi connectivity index (χ2v) is 5.07. The van der Waals surface area contributed by atoms with Crippen LogP contribution in [0.3, 0.4) is 0 Å². The van der Waals surface area contributed by atoms with Crippen LogP contribution in [0.4, 0.5) is 5.69 Å². The van der Waals surface area contributed by atoms with Gasteiger partial charge in [-0.1, -0.05) is 0 Å². The zero-order valence-electron chi connectivity index (χ0n) is 11.0. The number of methoxy groups -OCH3 is 1. The average molecular weight is 295 g/mol. The summed E-state index contributed by atoms with van der Waals surface area (Å²) in [7, 11) is 1.61. The van der Waals surface area contributed by atoms with Crippen molar-refractivity contribution in [3.8, 4) is 0 Å². The first kappa shape index (κ1) is 14.4. The minimum atomic E-state index is -0.682. The molecule has 0 aliphatic rings. The molecule has 0 aromatic carbocycles. The maximum absolute atomic E-state index is 11.3. The van der Waals surface area contributed by atoms with Gasteiger partial charge >= 0.3 is 5.69 Å². The van der Waals surface area contributed by atoms with Gasteiger partial charge in [0.2, 0.25) is 0 Å². The Labute approximate surface area is 118 Å². The molecule has 2 aromatic rings. The Hall–Kier alpha value is -2.06. The van der Waals surface area contributed by atoms with E-state index in [1.165, 1.54) is 29.8 Å². The highest BCUT2D eigenvalue weighted by Crippen LogP contribution is 2.20. The molecule has 20 heavy (non-hydrogen) atoms. The van der Waals surface area contributed by atoms with Crippen molar-refractivity contribution in [2.75, 3.05) is 7.11 Å². The van der Waals surface area contributed by atoms with Crippen molar-refractivity contribution in [2.24, 2.45) is 0 Å². The van der Waals surface area contributed by atoms with Crippen LogP contribution >= 0.6 is 11.3 Å². The van der Waals surface area contributed by atoms with Crippen molar-refractivity contribution in [3.63, 3.8) is 0 Å². The van der Waals surface area contributed by atoms with E-state index in [1.807, 2.05) is 12.3 Å². The van der Waals surface area contributed by atoms with Crippen molar-refractivity contribution in [3.05, 3.63) is 54.9 Å². The van der Waals surface area contributed by atoms with E-state index in [9.17, 15) is 14.9 Å². The molecule has 0 radical (unpaired) electrons. The lowest BCUT2D eigenvalue weighted by molar-refractivity contribution is -0.386. The summed E-state index contributed by atoms with van der Waals surface area (Å²) >= 11 is 1.47. The Morgan fingerprint density at radius 1 is 1.60 bits per heavy atom. The van der Waals surface area contributed by atoms with Crippen molar-refractivity contribution in [1.82, 2.24) is 9.55 Å². The Kier molecular flexibility index (Phi) is 4.26. The van der Waals surface area contributed by atoms with Gasteiger partial charge in [0, 0.05) is 24.8 Å². The third kappa shape index (κ3) is 3.09. The third-order valence-corrected chi connectivity index (χ3v) is 3.82. The zero-order chi connectivity index (χ0) is 14.7. The fraction of sp³-hybridized carbons (Fsp3) is 0.333. The molecule has 0 spiro atoms. The maximum atomic E-state index is 11.3. The fourth-order valence-corrected chi connectivity index (χ4v) is 2.46.